The third-order valence-corrected chi connectivity index (χ3v) is 4.49. The van der Waals surface area contributed by atoms with Crippen molar-refractivity contribution in [1.82, 2.24) is 9.97 Å². The van der Waals surface area contributed by atoms with E-state index in [1.165, 1.54) is 6.33 Å². The van der Waals surface area contributed by atoms with Crippen LogP contribution in [-0.4, -0.2) is 15.9 Å². The van der Waals surface area contributed by atoms with E-state index in [2.05, 4.69) is 20.6 Å². The second-order valence-corrected chi connectivity index (χ2v) is 6.34. The van der Waals surface area contributed by atoms with E-state index in [4.69, 9.17) is 11.6 Å². The van der Waals surface area contributed by atoms with Gasteiger partial charge in [-0.2, -0.15) is 0 Å². The molecule has 5 nitrogen and oxygen atoms in total. The lowest BCUT2D eigenvalue weighted by atomic mass is 10.1. The third-order valence-electron chi connectivity index (χ3n) is 4.08. The van der Waals surface area contributed by atoms with E-state index in [-0.39, 0.29) is 17.6 Å². The highest BCUT2D eigenvalue weighted by Gasteiger charge is 2.13. The third kappa shape index (κ3) is 4.18. The maximum Gasteiger partial charge on any atom is 0.274 e. The van der Waals surface area contributed by atoms with Crippen molar-refractivity contribution in [3.8, 4) is 0 Å². The second-order valence-electron chi connectivity index (χ2n) is 5.93. The van der Waals surface area contributed by atoms with Gasteiger partial charge in [0.2, 0.25) is 0 Å². The quantitative estimate of drug-likeness (QED) is 0.676. The molecule has 1 aromatic heterocycles. The number of carbonyl (C=O) groups is 1. The van der Waals surface area contributed by atoms with Crippen LogP contribution in [0.25, 0.3) is 0 Å². The molecule has 0 radical (unpaired) electrons. The minimum atomic E-state index is -0.312. The van der Waals surface area contributed by atoms with Crippen molar-refractivity contribution in [1.29, 1.82) is 0 Å². The Morgan fingerprint density at radius 3 is 2.62 bits per heavy atom. The molecule has 6 heteroatoms. The summed E-state index contributed by atoms with van der Waals surface area (Å²) in [6.07, 6.45) is 1.37. The van der Waals surface area contributed by atoms with Crippen LogP contribution in [0.5, 0.6) is 0 Å². The lowest BCUT2D eigenvalue weighted by Crippen LogP contribution is -2.16. The molecule has 0 aliphatic heterocycles. The zero-order valence-electron chi connectivity index (χ0n) is 14.5. The predicted molar refractivity (Wildman–Crippen MR) is 105 cm³/mol. The van der Waals surface area contributed by atoms with E-state index < -0.39 is 0 Å². The van der Waals surface area contributed by atoms with Gasteiger partial charge < -0.3 is 10.6 Å². The lowest BCUT2D eigenvalue weighted by molar-refractivity contribution is 0.102. The number of aromatic nitrogens is 2. The molecule has 0 saturated heterocycles. The Morgan fingerprint density at radius 2 is 1.85 bits per heavy atom. The monoisotopic (exact) mass is 366 g/mol. The fourth-order valence-electron chi connectivity index (χ4n) is 2.54. The van der Waals surface area contributed by atoms with Crippen LogP contribution in [0, 0.1) is 6.92 Å². The highest BCUT2D eigenvalue weighted by molar-refractivity contribution is 6.31. The summed E-state index contributed by atoms with van der Waals surface area (Å²) in [7, 11) is 0. The summed E-state index contributed by atoms with van der Waals surface area (Å²) in [5, 5.41) is 6.73. The van der Waals surface area contributed by atoms with E-state index in [1.807, 2.05) is 44.2 Å². The van der Waals surface area contributed by atoms with Crippen molar-refractivity contribution in [2.45, 2.75) is 19.9 Å². The molecule has 2 aromatic carbocycles. The second kappa shape index (κ2) is 7.97. The summed E-state index contributed by atoms with van der Waals surface area (Å²) in [5.41, 5.74) is 2.88. The van der Waals surface area contributed by atoms with Crippen LogP contribution in [0.1, 0.15) is 34.6 Å². The van der Waals surface area contributed by atoms with Crippen molar-refractivity contribution < 1.29 is 4.79 Å². The summed E-state index contributed by atoms with van der Waals surface area (Å²) < 4.78 is 0. The van der Waals surface area contributed by atoms with Crippen molar-refractivity contribution >= 4 is 29.0 Å². The number of carbonyl (C=O) groups excluding carboxylic acids is 1. The van der Waals surface area contributed by atoms with E-state index in [0.717, 1.165) is 11.1 Å². The zero-order chi connectivity index (χ0) is 18.5. The maximum atomic E-state index is 12.5. The molecule has 1 heterocycles. The van der Waals surface area contributed by atoms with Crippen molar-refractivity contribution in [3.63, 3.8) is 0 Å². The molecule has 1 atom stereocenters. The van der Waals surface area contributed by atoms with Gasteiger partial charge in [-0.05, 0) is 37.1 Å². The number of nitrogens with one attached hydrogen (secondary N) is 2. The van der Waals surface area contributed by atoms with Crippen LogP contribution < -0.4 is 10.6 Å². The van der Waals surface area contributed by atoms with Crippen LogP contribution in [-0.2, 0) is 0 Å². The first-order valence-electron chi connectivity index (χ1n) is 8.24. The molecule has 2 N–H and O–H groups in total. The molecule has 132 valence electrons. The largest absolute Gasteiger partial charge is 0.363 e. The number of hydrogen-bond acceptors (Lipinski definition) is 4. The fraction of sp³-hybridized carbons (Fsp3) is 0.150. The SMILES string of the molecule is Cc1c(Cl)cccc1NC(=O)c1cc(NC(C)c2ccccc2)ncn1. The lowest BCUT2D eigenvalue weighted by Gasteiger charge is -2.15. The highest BCUT2D eigenvalue weighted by Crippen LogP contribution is 2.23. The molecular weight excluding hydrogens is 348 g/mol. The molecule has 0 spiro atoms. The molecule has 0 aliphatic carbocycles. The van der Waals surface area contributed by atoms with Gasteiger partial charge >= 0.3 is 0 Å². The molecule has 0 saturated carbocycles. The number of anilines is 2. The van der Waals surface area contributed by atoms with Crippen LogP contribution in [0.4, 0.5) is 11.5 Å². The van der Waals surface area contributed by atoms with Gasteiger partial charge in [-0.25, -0.2) is 9.97 Å². The molecule has 26 heavy (non-hydrogen) atoms. The highest BCUT2D eigenvalue weighted by atomic mass is 35.5. The van der Waals surface area contributed by atoms with Gasteiger partial charge in [-0.1, -0.05) is 48.0 Å². The Labute approximate surface area is 157 Å². The summed E-state index contributed by atoms with van der Waals surface area (Å²) in [5.74, 6) is 0.275. The van der Waals surface area contributed by atoms with Gasteiger partial charge in [-0.15, -0.1) is 0 Å². The maximum absolute atomic E-state index is 12.5. The number of nitrogens with zero attached hydrogens (tertiary/aromatic N) is 2. The van der Waals surface area contributed by atoms with Crippen molar-refractivity contribution in [3.05, 3.63) is 82.8 Å². The molecule has 0 fully saturated rings. The molecule has 0 bridgehead atoms. The Bertz CT molecular complexity index is 915. The Hall–Kier alpha value is -2.92. The number of hydrogen-bond donors (Lipinski definition) is 2. The average molecular weight is 367 g/mol. The number of benzene rings is 2. The Kier molecular flexibility index (Phi) is 5.49. The smallest absolute Gasteiger partial charge is 0.274 e. The Balaban J connectivity index is 1.74. The van der Waals surface area contributed by atoms with Gasteiger partial charge in [0.15, 0.2) is 0 Å². The van der Waals surface area contributed by atoms with Crippen molar-refractivity contribution in [2.24, 2.45) is 0 Å². The zero-order valence-corrected chi connectivity index (χ0v) is 15.3. The van der Waals surface area contributed by atoms with Crippen LogP contribution >= 0.6 is 11.6 Å². The summed E-state index contributed by atoms with van der Waals surface area (Å²) in [6, 6.07) is 17.1. The first-order valence-corrected chi connectivity index (χ1v) is 8.62. The number of halogens is 1. The summed E-state index contributed by atoms with van der Waals surface area (Å²) >= 11 is 6.10. The van der Waals surface area contributed by atoms with E-state index >= 15 is 0 Å². The van der Waals surface area contributed by atoms with Gasteiger partial charge in [0.1, 0.15) is 17.8 Å². The van der Waals surface area contributed by atoms with Gasteiger partial charge in [0, 0.05) is 22.8 Å². The standard InChI is InChI=1S/C20H19ClN4O/c1-13-16(21)9-6-10-17(13)25-20(26)18-11-19(23-12-22-18)24-14(2)15-7-4-3-5-8-15/h3-12,14H,1-2H3,(H,25,26)(H,22,23,24). The summed E-state index contributed by atoms with van der Waals surface area (Å²) in [4.78, 5) is 20.8. The van der Waals surface area contributed by atoms with Crippen LogP contribution in [0.3, 0.4) is 0 Å². The Morgan fingerprint density at radius 1 is 1.08 bits per heavy atom. The molecule has 3 rings (SSSR count). The molecular formula is C20H19ClN4O. The first kappa shape index (κ1) is 17.9. The topological polar surface area (TPSA) is 66.9 Å². The molecule has 0 aliphatic rings. The minimum Gasteiger partial charge on any atom is -0.363 e. The van der Waals surface area contributed by atoms with Crippen molar-refractivity contribution in [2.75, 3.05) is 10.6 Å². The molecule has 1 amide bonds. The van der Waals surface area contributed by atoms with Gasteiger partial charge in [0.05, 0.1) is 0 Å². The average Bonchev–Trinajstić information content (AvgIpc) is 2.66. The normalized spacial score (nSPS) is 11.7. The van der Waals surface area contributed by atoms with Gasteiger partial charge in [-0.3, -0.25) is 4.79 Å². The van der Waals surface area contributed by atoms with E-state index in [9.17, 15) is 4.79 Å². The molecule has 3 aromatic rings. The number of rotatable bonds is 5. The minimum absolute atomic E-state index is 0.0529. The predicted octanol–water partition coefficient (Wildman–Crippen LogP) is 4.86. The fourth-order valence-corrected chi connectivity index (χ4v) is 2.71. The van der Waals surface area contributed by atoms with E-state index in [0.29, 0.717) is 16.5 Å². The van der Waals surface area contributed by atoms with E-state index in [1.54, 1.807) is 24.3 Å². The molecule has 1 unspecified atom stereocenters. The summed E-state index contributed by atoms with van der Waals surface area (Å²) in [6.45, 7) is 3.89. The van der Waals surface area contributed by atoms with Gasteiger partial charge in [0.25, 0.3) is 5.91 Å². The van der Waals surface area contributed by atoms with Crippen LogP contribution in [0.2, 0.25) is 5.02 Å². The first-order chi connectivity index (χ1) is 12.5. The number of amides is 1. The van der Waals surface area contributed by atoms with Crippen LogP contribution in [0.15, 0.2) is 60.9 Å².